The second-order valence-electron chi connectivity index (χ2n) is 5.95. The molecule has 1 saturated carbocycles. The lowest BCUT2D eigenvalue weighted by Gasteiger charge is -2.25. The van der Waals surface area contributed by atoms with Gasteiger partial charge in [0.2, 0.25) is 0 Å². The molecule has 1 aliphatic heterocycles. The Labute approximate surface area is 117 Å². The number of rotatable bonds is 2. The zero-order valence-electron chi connectivity index (χ0n) is 11.4. The molecule has 1 aromatic heterocycles. The fourth-order valence-corrected chi connectivity index (χ4v) is 3.33. The average molecular weight is 270 g/mol. The van der Waals surface area contributed by atoms with Crippen LogP contribution < -0.4 is 0 Å². The minimum atomic E-state index is -0.810. The Balaban J connectivity index is 1.84. The Morgan fingerprint density at radius 1 is 1.30 bits per heavy atom. The number of aromatic nitrogens is 1. The van der Waals surface area contributed by atoms with Gasteiger partial charge in [-0.1, -0.05) is 18.2 Å². The summed E-state index contributed by atoms with van der Waals surface area (Å²) >= 11 is 0. The second-order valence-corrected chi connectivity index (χ2v) is 5.95. The normalized spacial score (nSPS) is 18.3. The number of hydrogen-bond acceptors (Lipinski definition) is 1. The summed E-state index contributed by atoms with van der Waals surface area (Å²) in [6.45, 7) is 2.25. The lowest BCUT2D eigenvalue weighted by molar-refractivity contribution is 0.139. The molecular weight excluding hydrogens is 252 g/mol. The van der Waals surface area contributed by atoms with Crippen molar-refractivity contribution >= 4 is 17.0 Å². The van der Waals surface area contributed by atoms with Crippen molar-refractivity contribution in [1.29, 1.82) is 0 Å². The molecule has 1 aliphatic carbocycles. The van der Waals surface area contributed by atoms with E-state index in [4.69, 9.17) is 0 Å². The van der Waals surface area contributed by atoms with Gasteiger partial charge in [0.25, 0.3) is 0 Å². The Morgan fingerprint density at radius 2 is 2.10 bits per heavy atom. The Morgan fingerprint density at radius 3 is 2.85 bits per heavy atom. The van der Waals surface area contributed by atoms with E-state index in [1.165, 1.54) is 39.9 Å². The second kappa shape index (κ2) is 4.27. The van der Waals surface area contributed by atoms with E-state index in [9.17, 15) is 9.90 Å². The molecule has 0 atom stereocenters. The summed E-state index contributed by atoms with van der Waals surface area (Å²) in [5.41, 5.74) is 3.85. The third-order valence-corrected chi connectivity index (χ3v) is 4.57. The standard InChI is InChI=1S/C16H18N2O2/c19-16(20)17-8-7-15-13(10-17)12-3-1-2-4-14(12)18(15)9-11-5-6-11/h1-4,11H,5-10H2,(H,19,20). The predicted octanol–water partition coefficient (Wildman–Crippen LogP) is 3.09. The van der Waals surface area contributed by atoms with E-state index in [0.29, 0.717) is 13.1 Å². The fraction of sp³-hybridized carbons (Fsp3) is 0.438. The van der Waals surface area contributed by atoms with Crippen LogP contribution in [0.5, 0.6) is 0 Å². The molecule has 4 nitrogen and oxygen atoms in total. The monoisotopic (exact) mass is 270 g/mol. The van der Waals surface area contributed by atoms with Crippen LogP contribution in [0.15, 0.2) is 24.3 Å². The van der Waals surface area contributed by atoms with Crippen LogP contribution in [-0.2, 0) is 19.5 Å². The van der Waals surface area contributed by atoms with Crippen molar-refractivity contribution in [2.45, 2.75) is 32.4 Å². The van der Waals surface area contributed by atoms with Gasteiger partial charge in [-0.05, 0) is 24.8 Å². The van der Waals surface area contributed by atoms with Gasteiger partial charge in [-0.2, -0.15) is 0 Å². The SMILES string of the molecule is O=C(O)N1CCc2c(c3ccccc3n2CC2CC2)C1. The molecule has 2 heterocycles. The van der Waals surface area contributed by atoms with Gasteiger partial charge < -0.3 is 14.6 Å². The summed E-state index contributed by atoms with van der Waals surface area (Å²) in [6.07, 6.45) is 2.70. The molecule has 1 aromatic carbocycles. The maximum absolute atomic E-state index is 11.2. The lowest BCUT2D eigenvalue weighted by Crippen LogP contribution is -2.35. The molecule has 0 spiro atoms. The largest absolute Gasteiger partial charge is 0.465 e. The van der Waals surface area contributed by atoms with E-state index in [2.05, 4.69) is 22.8 Å². The van der Waals surface area contributed by atoms with Crippen LogP contribution in [0.1, 0.15) is 24.1 Å². The van der Waals surface area contributed by atoms with Gasteiger partial charge in [0.15, 0.2) is 0 Å². The highest BCUT2D eigenvalue weighted by Gasteiger charge is 2.29. The van der Waals surface area contributed by atoms with Gasteiger partial charge >= 0.3 is 6.09 Å². The smallest absolute Gasteiger partial charge is 0.407 e. The van der Waals surface area contributed by atoms with E-state index in [-0.39, 0.29) is 0 Å². The van der Waals surface area contributed by atoms with Gasteiger partial charge in [-0.25, -0.2) is 4.79 Å². The molecule has 0 saturated heterocycles. The minimum absolute atomic E-state index is 0.531. The molecule has 0 radical (unpaired) electrons. The molecule has 1 N–H and O–H groups in total. The molecule has 4 rings (SSSR count). The van der Waals surface area contributed by atoms with Crippen molar-refractivity contribution < 1.29 is 9.90 Å². The summed E-state index contributed by atoms with van der Waals surface area (Å²) in [5, 5.41) is 10.4. The maximum atomic E-state index is 11.2. The van der Waals surface area contributed by atoms with E-state index in [0.717, 1.165) is 18.9 Å². The summed E-state index contributed by atoms with van der Waals surface area (Å²) in [7, 11) is 0. The molecule has 1 fully saturated rings. The van der Waals surface area contributed by atoms with Crippen molar-refractivity contribution in [3.05, 3.63) is 35.5 Å². The van der Waals surface area contributed by atoms with E-state index in [1.807, 2.05) is 6.07 Å². The zero-order chi connectivity index (χ0) is 13.7. The molecule has 0 bridgehead atoms. The highest BCUT2D eigenvalue weighted by molar-refractivity contribution is 5.86. The van der Waals surface area contributed by atoms with Crippen molar-refractivity contribution in [2.75, 3.05) is 6.54 Å². The number of carboxylic acid groups (broad SMARTS) is 1. The van der Waals surface area contributed by atoms with Crippen molar-refractivity contribution in [3.8, 4) is 0 Å². The highest BCUT2D eigenvalue weighted by Crippen LogP contribution is 2.36. The first-order chi connectivity index (χ1) is 9.74. The number of carbonyl (C=O) groups is 1. The Hall–Kier alpha value is -1.97. The van der Waals surface area contributed by atoms with Gasteiger partial charge in [0.05, 0.1) is 6.54 Å². The summed E-state index contributed by atoms with van der Waals surface area (Å²) in [4.78, 5) is 12.7. The van der Waals surface area contributed by atoms with Crippen LogP contribution in [0.2, 0.25) is 0 Å². The predicted molar refractivity (Wildman–Crippen MR) is 76.8 cm³/mol. The molecule has 2 aliphatic rings. The van der Waals surface area contributed by atoms with Crippen LogP contribution in [0.3, 0.4) is 0 Å². The fourth-order valence-electron chi connectivity index (χ4n) is 3.33. The molecule has 1 amide bonds. The first-order valence-corrected chi connectivity index (χ1v) is 7.31. The Kier molecular flexibility index (Phi) is 2.52. The molecule has 104 valence electrons. The van der Waals surface area contributed by atoms with Gasteiger partial charge in [-0.15, -0.1) is 0 Å². The number of fused-ring (bicyclic) bond motifs is 3. The molecule has 0 unspecified atom stereocenters. The average Bonchev–Trinajstić information content (AvgIpc) is 3.23. The number of benzene rings is 1. The van der Waals surface area contributed by atoms with E-state index >= 15 is 0 Å². The first kappa shape index (κ1) is 11.8. The number of para-hydroxylation sites is 1. The highest BCUT2D eigenvalue weighted by atomic mass is 16.4. The number of amides is 1. The number of nitrogens with zero attached hydrogens (tertiary/aromatic N) is 2. The zero-order valence-corrected chi connectivity index (χ0v) is 11.4. The van der Waals surface area contributed by atoms with Gasteiger partial charge in [0.1, 0.15) is 0 Å². The lowest BCUT2D eigenvalue weighted by atomic mass is 10.0. The van der Waals surface area contributed by atoms with Crippen LogP contribution >= 0.6 is 0 Å². The summed E-state index contributed by atoms with van der Waals surface area (Å²) in [6, 6.07) is 8.42. The number of hydrogen-bond donors (Lipinski definition) is 1. The quantitative estimate of drug-likeness (QED) is 0.911. The first-order valence-electron chi connectivity index (χ1n) is 7.31. The van der Waals surface area contributed by atoms with Crippen LogP contribution in [-0.4, -0.2) is 27.2 Å². The van der Waals surface area contributed by atoms with Crippen molar-refractivity contribution in [2.24, 2.45) is 5.92 Å². The van der Waals surface area contributed by atoms with Crippen LogP contribution in [0, 0.1) is 5.92 Å². The third-order valence-electron chi connectivity index (χ3n) is 4.57. The molecule has 20 heavy (non-hydrogen) atoms. The summed E-state index contributed by atoms with van der Waals surface area (Å²) in [5.74, 6) is 0.826. The van der Waals surface area contributed by atoms with Crippen molar-refractivity contribution in [3.63, 3.8) is 0 Å². The van der Waals surface area contributed by atoms with Crippen molar-refractivity contribution in [1.82, 2.24) is 9.47 Å². The van der Waals surface area contributed by atoms with E-state index in [1.54, 1.807) is 0 Å². The summed E-state index contributed by atoms with van der Waals surface area (Å²) < 4.78 is 2.45. The Bertz CT molecular complexity index is 685. The third kappa shape index (κ3) is 1.79. The van der Waals surface area contributed by atoms with E-state index < -0.39 is 6.09 Å². The maximum Gasteiger partial charge on any atom is 0.407 e. The topological polar surface area (TPSA) is 45.5 Å². The molecule has 4 heteroatoms. The molecule has 2 aromatic rings. The van der Waals surface area contributed by atoms with Crippen LogP contribution in [0.4, 0.5) is 4.79 Å². The van der Waals surface area contributed by atoms with Crippen LogP contribution in [0.25, 0.3) is 10.9 Å². The minimum Gasteiger partial charge on any atom is -0.465 e. The van der Waals surface area contributed by atoms with Gasteiger partial charge in [-0.3, -0.25) is 0 Å². The van der Waals surface area contributed by atoms with Gasteiger partial charge in [0, 0.05) is 41.7 Å². The molecular formula is C16H18N2O2.